The molecule has 0 aliphatic carbocycles. The molecular formula is C12H11BrN2O2. The molecule has 0 saturated carbocycles. The third-order valence-electron chi connectivity index (χ3n) is 2.48. The van der Waals surface area contributed by atoms with E-state index < -0.39 is 5.97 Å². The maximum absolute atomic E-state index is 10.9. The molecule has 1 aromatic carbocycles. The van der Waals surface area contributed by atoms with Crippen LogP contribution in [0.5, 0.6) is 0 Å². The van der Waals surface area contributed by atoms with Crippen molar-refractivity contribution in [3.05, 3.63) is 45.7 Å². The topological polar surface area (TPSA) is 55.1 Å². The molecule has 0 radical (unpaired) electrons. The number of carbonyl (C=O) groups is 1. The zero-order valence-corrected chi connectivity index (χ0v) is 11.0. The summed E-state index contributed by atoms with van der Waals surface area (Å²) in [4.78, 5) is 10.9. The SMILES string of the molecule is Cc1ccc(-n2cc(C(=O)O)c(C)n2)c(Br)c1. The third kappa shape index (κ3) is 2.24. The number of carboxylic acid groups (broad SMARTS) is 1. The van der Waals surface area contributed by atoms with Crippen molar-refractivity contribution in [3.63, 3.8) is 0 Å². The minimum atomic E-state index is -0.961. The molecule has 0 saturated heterocycles. The van der Waals surface area contributed by atoms with Crippen LogP contribution in [0.15, 0.2) is 28.9 Å². The maximum Gasteiger partial charge on any atom is 0.339 e. The summed E-state index contributed by atoms with van der Waals surface area (Å²) < 4.78 is 2.46. The predicted octanol–water partition coefficient (Wildman–Crippen LogP) is 2.95. The van der Waals surface area contributed by atoms with E-state index in [9.17, 15) is 4.79 Å². The highest BCUT2D eigenvalue weighted by molar-refractivity contribution is 9.10. The van der Waals surface area contributed by atoms with E-state index in [1.54, 1.807) is 11.6 Å². The van der Waals surface area contributed by atoms with Crippen LogP contribution >= 0.6 is 15.9 Å². The van der Waals surface area contributed by atoms with Crippen LogP contribution in [-0.4, -0.2) is 20.9 Å². The van der Waals surface area contributed by atoms with E-state index in [-0.39, 0.29) is 5.56 Å². The van der Waals surface area contributed by atoms with Crippen LogP contribution < -0.4 is 0 Å². The lowest BCUT2D eigenvalue weighted by atomic mass is 10.2. The highest BCUT2D eigenvalue weighted by Crippen LogP contribution is 2.22. The standard InChI is InChI=1S/C12H11BrN2O2/c1-7-3-4-11(10(13)5-7)15-6-9(12(16)17)8(2)14-15/h3-6H,1-2H3,(H,16,17). The number of nitrogens with zero attached hydrogens (tertiary/aromatic N) is 2. The number of carboxylic acids is 1. The summed E-state index contributed by atoms with van der Waals surface area (Å²) in [7, 11) is 0. The van der Waals surface area contributed by atoms with Crippen LogP contribution in [0.3, 0.4) is 0 Å². The van der Waals surface area contributed by atoms with Gasteiger partial charge in [0.25, 0.3) is 0 Å². The first kappa shape index (κ1) is 11.9. The van der Waals surface area contributed by atoms with Gasteiger partial charge in [-0.15, -0.1) is 0 Å². The van der Waals surface area contributed by atoms with Gasteiger partial charge in [-0.3, -0.25) is 0 Å². The molecule has 0 aliphatic heterocycles. The zero-order valence-electron chi connectivity index (χ0n) is 9.44. The number of hydrogen-bond donors (Lipinski definition) is 1. The first-order chi connectivity index (χ1) is 7.99. The summed E-state index contributed by atoms with van der Waals surface area (Å²) in [6.45, 7) is 3.67. The van der Waals surface area contributed by atoms with E-state index in [2.05, 4.69) is 21.0 Å². The van der Waals surface area contributed by atoms with Crippen LogP contribution in [0, 0.1) is 13.8 Å². The number of rotatable bonds is 2. The van der Waals surface area contributed by atoms with Crippen molar-refractivity contribution in [3.8, 4) is 5.69 Å². The van der Waals surface area contributed by atoms with Crippen LogP contribution in [0.1, 0.15) is 21.6 Å². The van der Waals surface area contributed by atoms with Crippen molar-refractivity contribution >= 4 is 21.9 Å². The lowest BCUT2D eigenvalue weighted by Gasteiger charge is -2.04. The van der Waals surface area contributed by atoms with E-state index in [1.807, 2.05) is 25.1 Å². The Labute approximate surface area is 107 Å². The van der Waals surface area contributed by atoms with Gasteiger partial charge in [0.05, 0.1) is 11.4 Å². The molecule has 0 spiro atoms. The molecule has 2 rings (SSSR count). The van der Waals surface area contributed by atoms with Gasteiger partial charge < -0.3 is 5.11 Å². The summed E-state index contributed by atoms with van der Waals surface area (Å²) in [5.41, 5.74) is 2.68. The van der Waals surface area contributed by atoms with Gasteiger partial charge >= 0.3 is 5.97 Å². The van der Waals surface area contributed by atoms with Crippen molar-refractivity contribution in [2.75, 3.05) is 0 Å². The Kier molecular flexibility index (Phi) is 3.02. The number of aromatic carboxylic acids is 1. The van der Waals surface area contributed by atoms with Crippen LogP contribution in [0.2, 0.25) is 0 Å². The highest BCUT2D eigenvalue weighted by atomic mass is 79.9. The molecule has 17 heavy (non-hydrogen) atoms. The van der Waals surface area contributed by atoms with Gasteiger partial charge in [0.1, 0.15) is 5.56 Å². The van der Waals surface area contributed by atoms with Gasteiger partial charge in [-0.05, 0) is 47.5 Å². The van der Waals surface area contributed by atoms with Crippen molar-refractivity contribution in [2.45, 2.75) is 13.8 Å². The Bertz CT molecular complexity index is 590. The average Bonchev–Trinajstić information content (AvgIpc) is 2.60. The molecular weight excluding hydrogens is 284 g/mol. The van der Waals surface area contributed by atoms with Crippen LogP contribution in [0.4, 0.5) is 0 Å². The van der Waals surface area contributed by atoms with Crippen LogP contribution in [-0.2, 0) is 0 Å². The lowest BCUT2D eigenvalue weighted by Crippen LogP contribution is -1.97. The van der Waals surface area contributed by atoms with Crippen LogP contribution in [0.25, 0.3) is 5.69 Å². The molecule has 0 amide bonds. The molecule has 1 heterocycles. The number of aryl methyl sites for hydroxylation is 2. The number of halogens is 1. The first-order valence-electron chi connectivity index (χ1n) is 5.05. The Morgan fingerprint density at radius 1 is 1.41 bits per heavy atom. The fourth-order valence-corrected chi connectivity index (χ4v) is 2.27. The van der Waals surface area contributed by atoms with Crippen molar-refractivity contribution < 1.29 is 9.90 Å². The second-order valence-corrected chi connectivity index (χ2v) is 4.69. The largest absolute Gasteiger partial charge is 0.478 e. The molecule has 0 atom stereocenters. The molecule has 0 aliphatic rings. The minimum absolute atomic E-state index is 0.220. The number of benzene rings is 1. The first-order valence-corrected chi connectivity index (χ1v) is 5.84. The average molecular weight is 295 g/mol. The molecule has 0 bridgehead atoms. The molecule has 1 N–H and O–H groups in total. The Morgan fingerprint density at radius 2 is 2.12 bits per heavy atom. The molecule has 0 unspecified atom stereocenters. The van der Waals surface area contributed by atoms with Gasteiger partial charge in [-0.25, -0.2) is 9.48 Å². The fourth-order valence-electron chi connectivity index (χ4n) is 1.59. The molecule has 88 valence electrons. The van der Waals surface area contributed by atoms with Crippen molar-refractivity contribution in [2.24, 2.45) is 0 Å². The van der Waals surface area contributed by atoms with E-state index >= 15 is 0 Å². The van der Waals surface area contributed by atoms with E-state index in [1.165, 1.54) is 6.20 Å². The van der Waals surface area contributed by atoms with Gasteiger partial charge in [0.2, 0.25) is 0 Å². The maximum atomic E-state index is 10.9. The molecule has 5 heteroatoms. The van der Waals surface area contributed by atoms with Gasteiger partial charge in [-0.2, -0.15) is 5.10 Å². The van der Waals surface area contributed by atoms with Crippen molar-refractivity contribution in [1.29, 1.82) is 0 Å². The lowest BCUT2D eigenvalue weighted by molar-refractivity contribution is 0.0696. The summed E-state index contributed by atoms with van der Waals surface area (Å²) in [5, 5.41) is 13.2. The monoisotopic (exact) mass is 294 g/mol. The second-order valence-electron chi connectivity index (χ2n) is 3.83. The normalized spacial score (nSPS) is 10.5. The quantitative estimate of drug-likeness (QED) is 0.926. The summed E-state index contributed by atoms with van der Waals surface area (Å²) in [5.74, 6) is -0.961. The highest BCUT2D eigenvalue weighted by Gasteiger charge is 2.13. The second kappa shape index (κ2) is 4.33. The van der Waals surface area contributed by atoms with Gasteiger partial charge in [0, 0.05) is 10.7 Å². The molecule has 2 aromatic rings. The van der Waals surface area contributed by atoms with Crippen molar-refractivity contribution in [1.82, 2.24) is 9.78 Å². The molecule has 0 fully saturated rings. The smallest absolute Gasteiger partial charge is 0.339 e. The van der Waals surface area contributed by atoms with Gasteiger partial charge in [-0.1, -0.05) is 6.07 Å². The predicted molar refractivity (Wildman–Crippen MR) is 67.7 cm³/mol. The van der Waals surface area contributed by atoms with E-state index in [0.29, 0.717) is 5.69 Å². The Morgan fingerprint density at radius 3 is 2.65 bits per heavy atom. The summed E-state index contributed by atoms with van der Waals surface area (Å²) >= 11 is 3.45. The Balaban J connectivity index is 2.53. The van der Waals surface area contributed by atoms with Gasteiger partial charge in [0.15, 0.2) is 0 Å². The zero-order chi connectivity index (χ0) is 12.6. The molecule has 1 aromatic heterocycles. The number of hydrogen-bond acceptors (Lipinski definition) is 2. The summed E-state index contributed by atoms with van der Waals surface area (Å²) in [6.07, 6.45) is 1.52. The van der Waals surface area contributed by atoms with E-state index in [4.69, 9.17) is 5.11 Å². The third-order valence-corrected chi connectivity index (χ3v) is 3.11. The Hall–Kier alpha value is -1.62. The number of aromatic nitrogens is 2. The molecule has 4 nitrogen and oxygen atoms in total. The fraction of sp³-hybridized carbons (Fsp3) is 0.167. The van der Waals surface area contributed by atoms with E-state index in [0.717, 1.165) is 15.7 Å². The minimum Gasteiger partial charge on any atom is -0.478 e. The summed E-state index contributed by atoms with van der Waals surface area (Å²) in [6, 6.07) is 5.82.